The first-order chi connectivity index (χ1) is 6.77. The molecule has 0 bridgehead atoms. The summed E-state index contributed by atoms with van der Waals surface area (Å²) in [6.07, 6.45) is 8.72. The van der Waals surface area contributed by atoms with E-state index in [-0.39, 0.29) is 6.23 Å². The third-order valence-corrected chi connectivity index (χ3v) is 2.26. The molecule has 1 radical (unpaired) electrons. The van der Waals surface area contributed by atoms with Gasteiger partial charge in [0, 0.05) is 6.92 Å². The van der Waals surface area contributed by atoms with Crippen LogP contribution in [0.5, 0.6) is 0 Å². The van der Waals surface area contributed by atoms with Crippen molar-refractivity contribution in [1.82, 2.24) is 4.57 Å². The smallest absolute Gasteiger partial charge is 0.245 e. The minimum Gasteiger partial charge on any atom is -0.339 e. The SMILES string of the molecule is [CH2]COC(C)n1cc[n+](CCCC)c1. The summed E-state index contributed by atoms with van der Waals surface area (Å²) in [5.41, 5.74) is 0. The number of nitrogens with zero attached hydrogens (tertiary/aromatic N) is 2. The molecule has 0 aliphatic rings. The number of unbranched alkanes of at least 4 members (excludes halogenated alkanes) is 1. The molecule has 0 saturated heterocycles. The first-order valence-corrected chi connectivity index (χ1v) is 5.25. The van der Waals surface area contributed by atoms with Crippen LogP contribution in [-0.2, 0) is 11.3 Å². The maximum absolute atomic E-state index is 5.38. The van der Waals surface area contributed by atoms with Gasteiger partial charge in [0.15, 0.2) is 6.23 Å². The highest BCUT2D eigenvalue weighted by atomic mass is 16.5. The number of hydrogen-bond acceptors (Lipinski definition) is 1. The monoisotopic (exact) mass is 196 g/mol. The molecule has 0 fully saturated rings. The first-order valence-electron chi connectivity index (χ1n) is 5.25. The van der Waals surface area contributed by atoms with Crippen LogP contribution in [0.2, 0.25) is 0 Å². The van der Waals surface area contributed by atoms with Crippen molar-refractivity contribution in [2.75, 3.05) is 6.61 Å². The standard InChI is InChI=1S/C11H20N2O/c1-4-6-7-12-8-9-13(10-12)11(3)14-5-2/h8-11H,2,4-7H2,1,3H3/q+1. The highest BCUT2D eigenvalue weighted by Crippen LogP contribution is 2.04. The number of hydrogen-bond donors (Lipinski definition) is 0. The maximum Gasteiger partial charge on any atom is 0.245 e. The van der Waals surface area contributed by atoms with Crippen LogP contribution in [0.15, 0.2) is 18.7 Å². The topological polar surface area (TPSA) is 18.0 Å². The molecule has 0 saturated carbocycles. The molecule has 0 amide bonds. The highest BCUT2D eigenvalue weighted by molar-refractivity contribution is 4.68. The molecule has 79 valence electrons. The third-order valence-electron chi connectivity index (χ3n) is 2.26. The van der Waals surface area contributed by atoms with E-state index in [0.29, 0.717) is 6.61 Å². The molecule has 0 aromatic carbocycles. The highest BCUT2D eigenvalue weighted by Gasteiger charge is 2.10. The van der Waals surface area contributed by atoms with Gasteiger partial charge in [0.25, 0.3) is 0 Å². The van der Waals surface area contributed by atoms with Gasteiger partial charge in [0.2, 0.25) is 6.33 Å². The van der Waals surface area contributed by atoms with Crippen LogP contribution in [0.1, 0.15) is 32.9 Å². The lowest BCUT2D eigenvalue weighted by atomic mass is 10.3. The summed E-state index contributed by atoms with van der Waals surface area (Å²) in [4.78, 5) is 0. The molecule has 1 unspecified atom stereocenters. The van der Waals surface area contributed by atoms with Crippen molar-refractivity contribution in [1.29, 1.82) is 0 Å². The summed E-state index contributed by atoms with van der Waals surface area (Å²) in [5.74, 6) is 0. The Balaban J connectivity index is 2.49. The third kappa shape index (κ3) is 3.14. The van der Waals surface area contributed by atoms with E-state index in [1.165, 1.54) is 12.8 Å². The first kappa shape index (κ1) is 11.2. The predicted molar refractivity (Wildman–Crippen MR) is 55.6 cm³/mol. The zero-order chi connectivity index (χ0) is 10.4. The van der Waals surface area contributed by atoms with Gasteiger partial charge in [-0.1, -0.05) is 13.3 Å². The van der Waals surface area contributed by atoms with Gasteiger partial charge >= 0.3 is 0 Å². The largest absolute Gasteiger partial charge is 0.339 e. The fraction of sp³-hybridized carbons (Fsp3) is 0.636. The number of aryl methyl sites for hydroxylation is 1. The Morgan fingerprint density at radius 3 is 3.00 bits per heavy atom. The molecular weight excluding hydrogens is 176 g/mol. The molecule has 1 aromatic heterocycles. The summed E-state index contributed by atoms with van der Waals surface area (Å²) in [5, 5.41) is 0. The van der Waals surface area contributed by atoms with E-state index in [0.717, 1.165) is 6.54 Å². The Kier molecular flexibility index (Phi) is 4.66. The van der Waals surface area contributed by atoms with E-state index in [2.05, 4.69) is 35.5 Å². The number of aromatic nitrogens is 2. The number of ether oxygens (including phenoxy) is 1. The molecule has 3 heteroatoms. The molecule has 0 aliphatic carbocycles. The molecule has 1 aromatic rings. The van der Waals surface area contributed by atoms with Crippen molar-refractivity contribution >= 4 is 0 Å². The van der Waals surface area contributed by atoms with E-state index < -0.39 is 0 Å². The molecule has 1 atom stereocenters. The van der Waals surface area contributed by atoms with Gasteiger partial charge in [-0.3, -0.25) is 0 Å². The Morgan fingerprint density at radius 2 is 2.36 bits per heavy atom. The van der Waals surface area contributed by atoms with Gasteiger partial charge < -0.3 is 4.74 Å². The van der Waals surface area contributed by atoms with Gasteiger partial charge in [0.1, 0.15) is 12.4 Å². The van der Waals surface area contributed by atoms with Crippen molar-refractivity contribution in [2.24, 2.45) is 0 Å². The lowest BCUT2D eigenvalue weighted by Crippen LogP contribution is -2.31. The van der Waals surface area contributed by atoms with E-state index in [1.54, 1.807) is 0 Å². The summed E-state index contributed by atoms with van der Waals surface area (Å²) >= 11 is 0. The summed E-state index contributed by atoms with van der Waals surface area (Å²) in [6.45, 7) is 9.48. The number of imidazole rings is 1. The fourth-order valence-corrected chi connectivity index (χ4v) is 1.36. The molecule has 0 N–H and O–H groups in total. The van der Waals surface area contributed by atoms with Crippen molar-refractivity contribution in [2.45, 2.75) is 39.5 Å². The summed E-state index contributed by atoms with van der Waals surface area (Å²) < 4.78 is 9.63. The molecule has 3 nitrogen and oxygen atoms in total. The second-order valence-corrected chi connectivity index (χ2v) is 3.42. The van der Waals surface area contributed by atoms with Crippen molar-refractivity contribution in [3.05, 3.63) is 25.6 Å². The van der Waals surface area contributed by atoms with E-state index in [4.69, 9.17) is 4.74 Å². The molecule has 0 spiro atoms. The van der Waals surface area contributed by atoms with Gasteiger partial charge in [-0.2, -0.15) is 0 Å². The second kappa shape index (κ2) is 5.81. The minimum absolute atomic E-state index is 0.0791. The van der Waals surface area contributed by atoms with E-state index >= 15 is 0 Å². The lowest BCUT2D eigenvalue weighted by molar-refractivity contribution is -0.697. The van der Waals surface area contributed by atoms with Gasteiger partial charge in [0.05, 0.1) is 13.2 Å². The molecule has 1 rings (SSSR count). The van der Waals surface area contributed by atoms with Crippen molar-refractivity contribution < 1.29 is 9.30 Å². The van der Waals surface area contributed by atoms with Gasteiger partial charge in [-0.15, -0.1) is 0 Å². The minimum atomic E-state index is 0.0791. The normalized spacial score (nSPS) is 13.1. The Morgan fingerprint density at radius 1 is 1.57 bits per heavy atom. The molecule has 0 aliphatic heterocycles. The van der Waals surface area contributed by atoms with Crippen molar-refractivity contribution in [3.63, 3.8) is 0 Å². The lowest BCUT2D eigenvalue weighted by Gasteiger charge is -2.06. The second-order valence-electron chi connectivity index (χ2n) is 3.42. The quantitative estimate of drug-likeness (QED) is 0.636. The maximum atomic E-state index is 5.38. The van der Waals surface area contributed by atoms with Crippen LogP contribution in [0, 0.1) is 6.92 Å². The molecule has 14 heavy (non-hydrogen) atoms. The van der Waals surface area contributed by atoms with E-state index in [9.17, 15) is 0 Å². The van der Waals surface area contributed by atoms with Gasteiger partial charge in [-0.05, 0) is 13.3 Å². The van der Waals surface area contributed by atoms with Crippen LogP contribution >= 0.6 is 0 Å². The average Bonchev–Trinajstić information content (AvgIpc) is 2.63. The zero-order valence-corrected chi connectivity index (χ0v) is 9.15. The molecule has 1 heterocycles. The predicted octanol–water partition coefficient (Wildman–Crippen LogP) is 1.94. The van der Waals surface area contributed by atoms with Crippen LogP contribution in [0.3, 0.4) is 0 Å². The van der Waals surface area contributed by atoms with E-state index in [1.807, 2.05) is 13.1 Å². The Labute approximate surface area is 86.3 Å². The molecular formula is C11H20N2O+. The van der Waals surface area contributed by atoms with Crippen LogP contribution in [0.4, 0.5) is 0 Å². The Bertz CT molecular complexity index is 258. The number of rotatable bonds is 6. The van der Waals surface area contributed by atoms with Crippen LogP contribution < -0.4 is 4.57 Å². The Hall–Kier alpha value is -0.830. The van der Waals surface area contributed by atoms with Gasteiger partial charge in [-0.25, -0.2) is 9.13 Å². The summed E-state index contributed by atoms with van der Waals surface area (Å²) in [7, 11) is 0. The summed E-state index contributed by atoms with van der Waals surface area (Å²) in [6, 6.07) is 0. The zero-order valence-electron chi connectivity index (χ0n) is 9.15. The fourth-order valence-electron chi connectivity index (χ4n) is 1.36. The van der Waals surface area contributed by atoms with Crippen molar-refractivity contribution in [3.8, 4) is 0 Å². The van der Waals surface area contributed by atoms with Crippen LogP contribution in [-0.4, -0.2) is 11.2 Å². The van der Waals surface area contributed by atoms with Crippen LogP contribution in [0.25, 0.3) is 0 Å². The average molecular weight is 196 g/mol.